The van der Waals surface area contributed by atoms with Crippen LogP contribution >= 0.6 is 11.6 Å². The summed E-state index contributed by atoms with van der Waals surface area (Å²) in [6.07, 6.45) is 4.32. The van der Waals surface area contributed by atoms with Crippen LogP contribution in [0.25, 0.3) is 0 Å². The molecule has 0 saturated heterocycles. The maximum atomic E-state index is 13.3. The predicted molar refractivity (Wildman–Crippen MR) is 72.0 cm³/mol. The Morgan fingerprint density at radius 1 is 1.29 bits per heavy atom. The van der Waals surface area contributed by atoms with Gasteiger partial charge in [0.2, 0.25) is 0 Å². The van der Waals surface area contributed by atoms with Crippen LogP contribution in [0.4, 0.5) is 4.39 Å². The highest BCUT2D eigenvalue weighted by Crippen LogP contribution is 2.27. The van der Waals surface area contributed by atoms with Crippen molar-refractivity contribution in [2.45, 2.75) is 45.6 Å². The molecule has 0 aromatic heterocycles. The fourth-order valence-corrected chi connectivity index (χ4v) is 2.13. The molecular weight excluding hydrogens is 237 g/mol. The standard InChI is InChI=1S/C14H21ClFN/c1-3-5-6-14(17-9-4-2)12-10-11(16)7-8-13(12)15/h7-8,10,14,17H,3-6,9H2,1-2H3. The van der Waals surface area contributed by atoms with E-state index in [0.29, 0.717) is 5.02 Å². The Morgan fingerprint density at radius 2 is 2.06 bits per heavy atom. The molecule has 0 fully saturated rings. The van der Waals surface area contributed by atoms with Crippen molar-refractivity contribution < 1.29 is 4.39 Å². The highest BCUT2D eigenvalue weighted by atomic mass is 35.5. The van der Waals surface area contributed by atoms with Crippen LogP contribution in [0.3, 0.4) is 0 Å². The third kappa shape index (κ3) is 4.64. The van der Waals surface area contributed by atoms with Crippen LogP contribution in [0.15, 0.2) is 18.2 Å². The van der Waals surface area contributed by atoms with Gasteiger partial charge in [-0.1, -0.05) is 38.3 Å². The summed E-state index contributed by atoms with van der Waals surface area (Å²) in [6, 6.07) is 4.75. The van der Waals surface area contributed by atoms with E-state index < -0.39 is 0 Å². The minimum Gasteiger partial charge on any atom is -0.310 e. The van der Waals surface area contributed by atoms with Gasteiger partial charge in [0.15, 0.2) is 0 Å². The average molecular weight is 258 g/mol. The van der Waals surface area contributed by atoms with E-state index in [4.69, 9.17) is 11.6 Å². The monoisotopic (exact) mass is 257 g/mol. The Hall–Kier alpha value is -0.600. The second-order valence-corrected chi connectivity index (χ2v) is 4.72. The zero-order valence-electron chi connectivity index (χ0n) is 10.6. The predicted octanol–water partition coefficient (Wildman–Crippen LogP) is 4.71. The maximum Gasteiger partial charge on any atom is 0.123 e. The van der Waals surface area contributed by atoms with Crippen molar-refractivity contribution in [1.82, 2.24) is 5.32 Å². The molecule has 0 radical (unpaired) electrons. The van der Waals surface area contributed by atoms with E-state index in [9.17, 15) is 4.39 Å². The van der Waals surface area contributed by atoms with Gasteiger partial charge in [0.25, 0.3) is 0 Å². The Bertz CT molecular complexity index is 333. The Labute approximate surface area is 108 Å². The molecule has 1 aromatic rings. The molecule has 0 saturated carbocycles. The zero-order valence-corrected chi connectivity index (χ0v) is 11.4. The summed E-state index contributed by atoms with van der Waals surface area (Å²) < 4.78 is 13.3. The van der Waals surface area contributed by atoms with Crippen LogP contribution in [0, 0.1) is 5.82 Å². The average Bonchev–Trinajstić information content (AvgIpc) is 2.33. The number of rotatable bonds is 7. The van der Waals surface area contributed by atoms with E-state index in [1.807, 2.05) is 0 Å². The van der Waals surface area contributed by atoms with Gasteiger partial charge >= 0.3 is 0 Å². The molecule has 1 nitrogen and oxygen atoms in total. The smallest absolute Gasteiger partial charge is 0.123 e. The van der Waals surface area contributed by atoms with Gasteiger partial charge in [-0.25, -0.2) is 4.39 Å². The molecule has 0 amide bonds. The lowest BCUT2D eigenvalue weighted by Crippen LogP contribution is -2.22. The molecule has 0 aliphatic rings. The van der Waals surface area contributed by atoms with Crippen LogP contribution in [-0.2, 0) is 0 Å². The Balaban J connectivity index is 2.82. The van der Waals surface area contributed by atoms with Gasteiger partial charge in [-0.3, -0.25) is 0 Å². The van der Waals surface area contributed by atoms with Gasteiger partial charge in [0.1, 0.15) is 5.82 Å². The summed E-state index contributed by atoms with van der Waals surface area (Å²) in [6.45, 7) is 5.21. The minimum atomic E-state index is -0.218. The fourth-order valence-electron chi connectivity index (χ4n) is 1.88. The molecule has 1 atom stereocenters. The van der Waals surface area contributed by atoms with Crippen molar-refractivity contribution in [1.29, 1.82) is 0 Å². The summed E-state index contributed by atoms with van der Waals surface area (Å²) in [5.74, 6) is -0.218. The number of halogens is 2. The second-order valence-electron chi connectivity index (χ2n) is 4.31. The van der Waals surface area contributed by atoms with Crippen molar-refractivity contribution in [3.8, 4) is 0 Å². The first-order chi connectivity index (χ1) is 8.19. The van der Waals surface area contributed by atoms with Crippen LogP contribution in [0.2, 0.25) is 5.02 Å². The number of nitrogens with one attached hydrogen (secondary N) is 1. The lowest BCUT2D eigenvalue weighted by molar-refractivity contribution is 0.478. The van der Waals surface area contributed by atoms with Crippen molar-refractivity contribution in [2.24, 2.45) is 0 Å². The highest BCUT2D eigenvalue weighted by molar-refractivity contribution is 6.31. The van der Waals surface area contributed by atoms with Gasteiger partial charge in [0, 0.05) is 11.1 Å². The Morgan fingerprint density at radius 3 is 2.71 bits per heavy atom. The van der Waals surface area contributed by atoms with Crippen molar-refractivity contribution in [3.63, 3.8) is 0 Å². The molecule has 0 aliphatic heterocycles. The number of hydrogen-bond donors (Lipinski definition) is 1. The lowest BCUT2D eigenvalue weighted by atomic mass is 10.0. The van der Waals surface area contributed by atoms with E-state index in [1.165, 1.54) is 6.07 Å². The number of hydrogen-bond acceptors (Lipinski definition) is 1. The van der Waals surface area contributed by atoms with E-state index in [1.54, 1.807) is 12.1 Å². The molecule has 96 valence electrons. The van der Waals surface area contributed by atoms with Crippen LogP contribution in [-0.4, -0.2) is 6.54 Å². The minimum absolute atomic E-state index is 0.165. The Kier molecular flexibility index (Phi) is 6.53. The van der Waals surface area contributed by atoms with Crippen molar-refractivity contribution >= 4 is 11.6 Å². The second kappa shape index (κ2) is 7.67. The molecule has 3 heteroatoms. The molecule has 0 spiro atoms. The molecule has 0 heterocycles. The number of benzene rings is 1. The normalized spacial score (nSPS) is 12.7. The third-order valence-corrected chi connectivity index (χ3v) is 3.16. The van der Waals surface area contributed by atoms with Crippen LogP contribution < -0.4 is 5.32 Å². The van der Waals surface area contributed by atoms with E-state index in [2.05, 4.69) is 19.2 Å². The fraction of sp³-hybridized carbons (Fsp3) is 0.571. The van der Waals surface area contributed by atoms with Crippen LogP contribution in [0.1, 0.15) is 51.1 Å². The topological polar surface area (TPSA) is 12.0 Å². The molecule has 0 bridgehead atoms. The van der Waals surface area contributed by atoms with E-state index >= 15 is 0 Å². The first-order valence-electron chi connectivity index (χ1n) is 6.37. The third-order valence-electron chi connectivity index (χ3n) is 2.82. The van der Waals surface area contributed by atoms with Gasteiger partial charge in [-0.2, -0.15) is 0 Å². The first kappa shape index (κ1) is 14.5. The van der Waals surface area contributed by atoms with Crippen LogP contribution in [0.5, 0.6) is 0 Å². The largest absolute Gasteiger partial charge is 0.310 e. The SMILES string of the molecule is CCCCC(NCCC)c1cc(F)ccc1Cl. The van der Waals surface area contributed by atoms with Gasteiger partial charge < -0.3 is 5.32 Å². The molecule has 1 unspecified atom stereocenters. The lowest BCUT2D eigenvalue weighted by Gasteiger charge is -2.20. The molecule has 1 N–H and O–H groups in total. The van der Waals surface area contributed by atoms with Gasteiger partial charge in [-0.15, -0.1) is 0 Å². The molecule has 17 heavy (non-hydrogen) atoms. The van der Waals surface area contributed by atoms with Gasteiger partial charge in [0.05, 0.1) is 0 Å². The summed E-state index contributed by atoms with van der Waals surface area (Å²) in [7, 11) is 0. The number of unbranched alkanes of at least 4 members (excludes halogenated alkanes) is 1. The first-order valence-corrected chi connectivity index (χ1v) is 6.75. The summed E-state index contributed by atoms with van der Waals surface area (Å²) >= 11 is 6.14. The summed E-state index contributed by atoms with van der Waals surface area (Å²) in [5, 5.41) is 4.09. The molecular formula is C14H21ClFN. The quantitative estimate of drug-likeness (QED) is 0.746. The molecule has 0 aliphatic carbocycles. The summed E-state index contributed by atoms with van der Waals surface area (Å²) in [5.41, 5.74) is 0.883. The maximum absolute atomic E-state index is 13.3. The van der Waals surface area contributed by atoms with E-state index in [0.717, 1.165) is 37.8 Å². The molecule has 1 rings (SSSR count). The van der Waals surface area contributed by atoms with Gasteiger partial charge in [-0.05, 0) is 43.1 Å². The van der Waals surface area contributed by atoms with Crippen molar-refractivity contribution in [3.05, 3.63) is 34.6 Å². The van der Waals surface area contributed by atoms with Crippen molar-refractivity contribution in [2.75, 3.05) is 6.54 Å². The zero-order chi connectivity index (χ0) is 12.7. The molecule has 1 aromatic carbocycles. The summed E-state index contributed by atoms with van der Waals surface area (Å²) in [4.78, 5) is 0. The highest BCUT2D eigenvalue weighted by Gasteiger charge is 2.14. The van der Waals surface area contributed by atoms with E-state index in [-0.39, 0.29) is 11.9 Å².